The number of sulfonamides is 1. The van der Waals surface area contributed by atoms with Gasteiger partial charge in [-0.3, -0.25) is 18.8 Å². The molecule has 0 saturated carbocycles. The molecule has 256 valence electrons. The van der Waals surface area contributed by atoms with Crippen LogP contribution in [0.4, 0.5) is 40.6 Å². The van der Waals surface area contributed by atoms with Crippen LogP contribution in [-0.2, 0) is 40.1 Å². The van der Waals surface area contributed by atoms with Crippen LogP contribution in [0.2, 0.25) is 0 Å². The smallest absolute Gasteiger partial charge is 0.296 e. The Hall–Kier alpha value is -5.23. The SMILES string of the molecule is [C-]#[N+]c1ccc(S(=O)(=O)CCCS(=O)(=O)N(C)c2nc(Nc3cccc(S(=O)(=O)O)c3)nc(Nc3ccccc3S(=O)(=O)O)n2)cc1[N+]#[C-]. The molecule has 0 atom stereocenters. The van der Waals surface area contributed by atoms with Gasteiger partial charge in [0.1, 0.15) is 4.90 Å². The number of rotatable bonds is 13. The first-order chi connectivity index (χ1) is 22.8. The minimum atomic E-state index is -4.74. The number of nitrogens with one attached hydrogen (secondary N) is 2. The molecule has 4 rings (SSSR count). The van der Waals surface area contributed by atoms with Gasteiger partial charge in [-0.2, -0.15) is 31.8 Å². The lowest BCUT2D eigenvalue weighted by Crippen LogP contribution is -2.31. The van der Waals surface area contributed by atoms with Crippen molar-refractivity contribution in [3.8, 4) is 0 Å². The maximum absolute atomic E-state index is 13.3. The first-order valence-electron chi connectivity index (χ1n) is 13.4. The first kappa shape index (κ1) is 36.6. The normalized spacial score (nSPS) is 12.0. The van der Waals surface area contributed by atoms with Crippen LogP contribution in [0.3, 0.4) is 0 Å². The van der Waals surface area contributed by atoms with Gasteiger partial charge >= 0.3 is 0 Å². The molecular formula is C27H24N8O10S4. The van der Waals surface area contributed by atoms with Gasteiger partial charge in [0, 0.05) is 12.7 Å². The van der Waals surface area contributed by atoms with E-state index in [1.54, 1.807) is 0 Å². The van der Waals surface area contributed by atoms with E-state index in [0.717, 1.165) is 37.4 Å². The molecule has 0 unspecified atom stereocenters. The lowest BCUT2D eigenvalue weighted by atomic mass is 10.3. The molecule has 18 nitrogen and oxygen atoms in total. The standard InChI is InChI=1S/C27H24N8O10S4/c1-28-21-13-12-19(17-23(21)29-2)46(36,37)14-7-15-47(38,39)35(3)27-33-25(30-18-8-6-9-20(16-18)48(40,41)42)32-26(34-27)31-22-10-4-5-11-24(22)49(43,44)45/h4-6,8-13,16-17H,7,14-15H2,3H3,(H,40,41,42)(H,43,44,45)(H2,30,31,32,33,34). The predicted octanol–water partition coefficient (Wildman–Crippen LogP) is 3.58. The lowest BCUT2D eigenvalue weighted by Gasteiger charge is -2.19. The molecule has 22 heteroatoms. The van der Waals surface area contributed by atoms with Gasteiger partial charge in [-0.15, -0.1) is 0 Å². The number of aromatic nitrogens is 3. The number of sulfone groups is 1. The van der Waals surface area contributed by atoms with Gasteiger partial charge in [0.2, 0.25) is 27.9 Å². The Morgan fingerprint density at radius 2 is 1.37 bits per heavy atom. The Kier molecular flexibility index (Phi) is 10.5. The molecule has 0 spiro atoms. The molecule has 0 radical (unpaired) electrons. The van der Waals surface area contributed by atoms with Crippen molar-refractivity contribution in [2.75, 3.05) is 33.5 Å². The van der Waals surface area contributed by atoms with Gasteiger partial charge in [-0.05, 0) is 42.8 Å². The summed E-state index contributed by atoms with van der Waals surface area (Å²) >= 11 is 0. The maximum atomic E-state index is 13.3. The van der Waals surface area contributed by atoms with E-state index in [9.17, 15) is 42.8 Å². The van der Waals surface area contributed by atoms with Crippen molar-refractivity contribution < 1.29 is 42.8 Å². The minimum absolute atomic E-state index is 0.0260. The van der Waals surface area contributed by atoms with Crippen LogP contribution in [0.5, 0.6) is 0 Å². The minimum Gasteiger partial charge on any atom is -0.324 e. The number of anilines is 5. The van der Waals surface area contributed by atoms with Gasteiger partial charge in [-0.25, -0.2) is 21.1 Å². The van der Waals surface area contributed by atoms with Crippen molar-refractivity contribution in [3.63, 3.8) is 0 Å². The lowest BCUT2D eigenvalue weighted by molar-refractivity contribution is 0.481. The Labute approximate surface area is 281 Å². The molecule has 0 aliphatic carbocycles. The number of para-hydroxylation sites is 1. The number of nitrogens with zero attached hydrogens (tertiary/aromatic N) is 6. The van der Waals surface area contributed by atoms with E-state index in [2.05, 4.69) is 35.3 Å². The molecule has 1 aromatic heterocycles. The summed E-state index contributed by atoms with van der Waals surface area (Å²) in [4.78, 5) is 17.2. The molecule has 0 bridgehead atoms. The molecule has 0 aliphatic rings. The van der Waals surface area contributed by atoms with Crippen molar-refractivity contribution in [2.24, 2.45) is 0 Å². The highest BCUT2D eigenvalue weighted by Crippen LogP contribution is 2.31. The van der Waals surface area contributed by atoms with E-state index in [-0.39, 0.29) is 33.6 Å². The highest BCUT2D eigenvalue weighted by Gasteiger charge is 2.25. The van der Waals surface area contributed by atoms with Gasteiger partial charge in [0.05, 0.1) is 40.1 Å². The Morgan fingerprint density at radius 1 is 0.714 bits per heavy atom. The fourth-order valence-corrected chi connectivity index (χ4v) is 7.88. The largest absolute Gasteiger partial charge is 0.324 e. The highest BCUT2D eigenvalue weighted by atomic mass is 32.2. The van der Waals surface area contributed by atoms with Gasteiger partial charge in [-0.1, -0.05) is 30.3 Å². The molecular weight excluding hydrogens is 725 g/mol. The molecule has 0 amide bonds. The summed E-state index contributed by atoms with van der Waals surface area (Å²) in [7, 11) is -16.7. The predicted molar refractivity (Wildman–Crippen MR) is 177 cm³/mol. The third-order valence-electron chi connectivity index (χ3n) is 6.48. The molecule has 3 aromatic carbocycles. The zero-order chi connectivity index (χ0) is 36.2. The molecule has 1 heterocycles. The summed E-state index contributed by atoms with van der Waals surface area (Å²) < 4.78 is 119. The number of hydrogen-bond acceptors (Lipinski definition) is 13. The van der Waals surface area contributed by atoms with Crippen LogP contribution >= 0.6 is 0 Å². The van der Waals surface area contributed by atoms with E-state index >= 15 is 0 Å². The molecule has 0 saturated heterocycles. The fourth-order valence-electron chi connectivity index (χ4n) is 4.09. The third kappa shape index (κ3) is 9.02. The van der Waals surface area contributed by atoms with Gasteiger partial charge in [0.25, 0.3) is 20.2 Å². The summed E-state index contributed by atoms with van der Waals surface area (Å²) in [6, 6.07) is 13.2. The maximum Gasteiger partial charge on any atom is 0.296 e. The van der Waals surface area contributed by atoms with Crippen LogP contribution < -0.4 is 14.9 Å². The number of benzene rings is 3. The Balaban J connectivity index is 1.66. The molecule has 49 heavy (non-hydrogen) atoms. The summed E-state index contributed by atoms with van der Waals surface area (Å²) in [6.07, 6.45) is -0.404. The molecule has 0 fully saturated rings. The van der Waals surface area contributed by atoms with E-state index in [1.807, 2.05) is 0 Å². The first-order valence-corrected chi connectivity index (χ1v) is 19.5. The van der Waals surface area contributed by atoms with E-state index < -0.39 is 79.7 Å². The summed E-state index contributed by atoms with van der Waals surface area (Å²) in [6.45, 7) is 14.3. The van der Waals surface area contributed by atoms with Crippen molar-refractivity contribution in [2.45, 2.75) is 21.1 Å². The quantitative estimate of drug-likeness (QED) is 0.113. The summed E-state index contributed by atoms with van der Waals surface area (Å²) in [5, 5.41) is 5.22. The fraction of sp³-hybridized carbons (Fsp3) is 0.148. The van der Waals surface area contributed by atoms with Crippen LogP contribution in [-0.4, -0.2) is 76.3 Å². The second-order valence-corrected chi connectivity index (χ2v) is 16.9. The third-order valence-corrected chi connectivity index (χ3v) is 11.8. The van der Waals surface area contributed by atoms with Crippen molar-refractivity contribution in [3.05, 3.63) is 89.6 Å². The molecule has 4 aromatic rings. The zero-order valence-electron chi connectivity index (χ0n) is 24.9. The van der Waals surface area contributed by atoms with Crippen LogP contribution in [0, 0.1) is 13.1 Å². The second kappa shape index (κ2) is 14.1. The molecule has 0 aliphatic heterocycles. The Morgan fingerprint density at radius 3 is 2.00 bits per heavy atom. The van der Waals surface area contributed by atoms with Crippen LogP contribution in [0.25, 0.3) is 9.69 Å². The topological polar surface area (TPSA) is 252 Å². The average Bonchev–Trinajstić information content (AvgIpc) is 3.03. The van der Waals surface area contributed by atoms with E-state index in [1.165, 1.54) is 36.4 Å². The zero-order valence-corrected chi connectivity index (χ0v) is 28.2. The van der Waals surface area contributed by atoms with Crippen molar-refractivity contribution in [1.29, 1.82) is 0 Å². The van der Waals surface area contributed by atoms with E-state index in [4.69, 9.17) is 13.1 Å². The summed E-state index contributed by atoms with van der Waals surface area (Å²) in [5.41, 5.74) is -0.386. The Bertz CT molecular complexity index is 2460. The second-order valence-electron chi connectivity index (χ2n) is 9.84. The number of hydrogen-bond donors (Lipinski definition) is 4. The highest BCUT2D eigenvalue weighted by molar-refractivity contribution is 7.93. The van der Waals surface area contributed by atoms with Crippen molar-refractivity contribution in [1.82, 2.24) is 15.0 Å². The van der Waals surface area contributed by atoms with Crippen LogP contribution in [0.1, 0.15) is 6.42 Å². The summed E-state index contributed by atoms with van der Waals surface area (Å²) in [5.74, 6) is -2.72. The van der Waals surface area contributed by atoms with Gasteiger partial charge < -0.3 is 10.6 Å². The van der Waals surface area contributed by atoms with Crippen molar-refractivity contribution >= 4 is 80.7 Å². The molecule has 4 N–H and O–H groups in total. The average molecular weight is 749 g/mol. The van der Waals surface area contributed by atoms with E-state index in [0.29, 0.717) is 4.31 Å². The van der Waals surface area contributed by atoms with Gasteiger partial charge in [0.15, 0.2) is 21.2 Å². The monoisotopic (exact) mass is 748 g/mol. The van der Waals surface area contributed by atoms with Crippen LogP contribution in [0.15, 0.2) is 81.4 Å².